The average Bonchev–Trinajstić information content (AvgIpc) is 2.74. The molecule has 3 heteroatoms. The molecule has 0 aliphatic heterocycles. The Morgan fingerprint density at radius 1 is 1.21 bits per heavy atom. The van der Waals surface area contributed by atoms with Crippen LogP contribution in [-0.4, -0.2) is 15.6 Å². The lowest BCUT2D eigenvalue weighted by molar-refractivity contribution is 0.638. The van der Waals surface area contributed by atoms with Gasteiger partial charge in [0.2, 0.25) is 0 Å². The van der Waals surface area contributed by atoms with Gasteiger partial charge in [-0.2, -0.15) is 0 Å². The zero-order valence-corrected chi connectivity index (χ0v) is 12.1. The van der Waals surface area contributed by atoms with Gasteiger partial charge in [0, 0.05) is 25.2 Å². The van der Waals surface area contributed by atoms with E-state index in [0.717, 1.165) is 25.1 Å². The maximum Gasteiger partial charge on any atom is 0.0952 e. The van der Waals surface area contributed by atoms with Crippen LogP contribution in [0.3, 0.4) is 0 Å². The summed E-state index contributed by atoms with van der Waals surface area (Å²) in [6.07, 6.45) is 5.85. The van der Waals surface area contributed by atoms with Crippen molar-refractivity contribution in [3.05, 3.63) is 53.1 Å². The van der Waals surface area contributed by atoms with E-state index >= 15 is 0 Å². The number of nitrogens with zero attached hydrogens (tertiary/aromatic N) is 2. The highest BCUT2D eigenvalue weighted by atomic mass is 15.0. The summed E-state index contributed by atoms with van der Waals surface area (Å²) in [5.41, 5.74) is 11.0. The Morgan fingerprint density at radius 3 is 2.53 bits per heavy atom. The second kappa shape index (κ2) is 6.02. The van der Waals surface area contributed by atoms with E-state index in [4.69, 9.17) is 5.73 Å². The van der Waals surface area contributed by atoms with Gasteiger partial charge in [-0.1, -0.05) is 36.2 Å². The maximum absolute atomic E-state index is 5.96. The van der Waals surface area contributed by atoms with E-state index in [1.807, 2.05) is 6.33 Å². The van der Waals surface area contributed by atoms with Crippen molar-refractivity contribution in [2.45, 2.75) is 46.2 Å². The van der Waals surface area contributed by atoms with Crippen LogP contribution in [0.2, 0.25) is 0 Å². The summed E-state index contributed by atoms with van der Waals surface area (Å²) in [7, 11) is 0. The molecule has 1 atom stereocenters. The van der Waals surface area contributed by atoms with E-state index in [9.17, 15) is 0 Å². The Balaban J connectivity index is 2.07. The van der Waals surface area contributed by atoms with Gasteiger partial charge < -0.3 is 10.3 Å². The number of aromatic nitrogens is 2. The number of nitrogens with two attached hydrogens (primary N) is 1. The third-order valence-electron chi connectivity index (χ3n) is 3.33. The molecule has 1 aromatic carbocycles. The fraction of sp³-hybridized carbons (Fsp3) is 0.438. The SMILES string of the molecule is CCC(N)Cc1cn(Cc2cc(C)cc(C)c2)cn1. The monoisotopic (exact) mass is 257 g/mol. The van der Waals surface area contributed by atoms with Crippen LogP contribution in [0.15, 0.2) is 30.7 Å². The van der Waals surface area contributed by atoms with Crippen LogP contribution in [0.1, 0.15) is 35.7 Å². The first kappa shape index (κ1) is 13.8. The van der Waals surface area contributed by atoms with Crippen molar-refractivity contribution in [3.8, 4) is 0 Å². The molecule has 0 amide bonds. The Kier molecular flexibility index (Phi) is 4.38. The molecule has 2 rings (SSSR count). The van der Waals surface area contributed by atoms with E-state index < -0.39 is 0 Å². The van der Waals surface area contributed by atoms with Gasteiger partial charge in [0.15, 0.2) is 0 Å². The topological polar surface area (TPSA) is 43.8 Å². The van der Waals surface area contributed by atoms with Crippen molar-refractivity contribution in [2.75, 3.05) is 0 Å². The predicted octanol–water partition coefficient (Wildman–Crippen LogP) is 2.83. The highest BCUT2D eigenvalue weighted by Crippen LogP contribution is 2.11. The summed E-state index contributed by atoms with van der Waals surface area (Å²) < 4.78 is 2.13. The Morgan fingerprint density at radius 2 is 1.89 bits per heavy atom. The average molecular weight is 257 g/mol. The molecule has 2 N–H and O–H groups in total. The summed E-state index contributed by atoms with van der Waals surface area (Å²) >= 11 is 0. The summed E-state index contributed by atoms with van der Waals surface area (Å²) in [4.78, 5) is 4.43. The number of rotatable bonds is 5. The van der Waals surface area contributed by atoms with Crippen LogP contribution >= 0.6 is 0 Å². The fourth-order valence-corrected chi connectivity index (χ4v) is 2.38. The molecule has 102 valence electrons. The quantitative estimate of drug-likeness (QED) is 0.895. The van der Waals surface area contributed by atoms with E-state index in [1.54, 1.807) is 0 Å². The highest BCUT2D eigenvalue weighted by Gasteiger charge is 2.05. The molecule has 1 aromatic heterocycles. The molecular weight excluding hydrogens is 234 g/mol. The molecule has 1 heterocycles. The summed E-state index contributed by atoms with van der Waals surface area (Å²) in [6.45, 7) is 7.25. The molecule has 19 heavy (non-hydrogen) atoms. The highest BCUT2D eigenvalue weighted by molar-refractivity contribution is 5.28. The predicted molar refractivity (Wildman–Crippen MR) is 79.2 cm³/mol. The third-order valence-corrected chi connectivity index (χ3v) is 3.33. The van der Waals surface area contributed by atoms with E-state index in [1.165, 1.54) is 16.7 Å². The van der Waals surface area contributed by atoms with E-state index in [0.29, 0.717) is 0 Å². The van der Waals surface area contributed by atoms with Gasteiger partial charge in [0.1, 0.15) is 0 Å². The first-order valence-corrected chi connectivity index (χ1v) is 6.90. The normalized spacial score (nSPS) is 12.6. The van der Waals surface area contributed by atoms with E-state index in [2.05, 4.69) is 54.7 Å². The number of aryl methyl sites for hydroxylation is 2. The number of hydrogen-bond acceptors (Lipinski definition) is 2. The third kappa shape index (κ3) is 3.93. The standard InChI is InChI=1S/C16H23N3/c1-4-15(17)8-16-10-19(11-18-16)9-14-6-12(2)5-13(3)7-14/h5-7,10-11,15H,4,8-9,17H2,1-3H3. The van der Waals surface area contributed by atoms with Crippen molar-refractivity contribution in [3.63, 3.8) is 0 Å². The zero-order chi connectivity index (χ0) is 13.8. The van der Waals surface area contributed by atoms with Gasteiger partial charge in [-0.25, -0.2) is 4.98 Å². The number of imidazole rings is 1. The molecule has 0 saturated heterocycles. The largest absolute Gasteiger partial charge is 0.333 e. The van der Waals surface area contributed by atoms with Crippen molar-refractivity contribution < 1.29 is 0 Å². The Labute approximate surface area is 115 Å². The molecule has 0 spiro atoms. The second-order valence-electron chi connectivity index (χ2n) is 5.41. The van der Waals surface area contributed by atoms with Gasteiger partial charge in [-0.3, -0.25) is 0 Å². The van der Waals surface area contributed by atoms with Crippen LogP contribution in [0, 0.1) is 13.8 Å². The number of benzene rings is 1. The lowest BCUT2D eigenvalue weighted by atomic mass is 10.1. The molecule has 0 fully saturated rings. The Bertz CT molecular complexity index is 522. The van der Waals surface area contributed by atoms with Gasteiger partial charge in [0.05, 0.1) is 12.0 Å². The van der Waals surface area contributed by atoms with E-state index in [-0.39, 0.29) is 6.04 Å². The van der Waals surface area contributed by atoms with Gasteiger partial charge >= 0.3 is 0 Å². The van der Waals surface area contributed by atoms with Crippen molar-refractivity contribution in [1.29, 1.82) is 0 Å². The van der Waals surface area contributed by atoms with Crippen molar-refractivity contribution in [2.24, 2.45) is 5.73 Å². The zero-order valence-electron chi connectivity index (χ0n) is 12.1. The minimum Gasteiger partial charge on any atom is -0.333 e. The van der Waals surface area contributed by atoms with Crippen molar-refractivity contribution >= 4 is 0 Å². The molecule has 0 radical (unpaired) electrons. The molecule has 3 nitrogen and oxygen atoms in total. The first-order valence-electron chi connectivity index (χ1n) is 6.90. The van der Waals surface area contributed by atoms with Crippen LogP contribution < -0.4 is 5.73 Å². The van der Waals surface area contributed by atoms with Gasteiger partial charge in [-0.15, -0.1) is 0 Å². The summed E-state index contributed by atoms with van der Waals surface area (Å²) in [5.74, 6) is 0. The van der Waals surface area contributed by atoms with Gasteiger partial charge in [-0.05, 0) is 25.8 Å². The lowest BCUT2D eigenvalue weighted by Crippen LogP contribution is -2.21. The van der Waals surface area contributed by atoms with Gasteiger partial charge in [0.25, 0.3) is 0 Å². The molecule has 0 saturated carbocycles. The molecule has 0 aliphatic carbocycles. The van der Waals surface area contributed by atoms with Crippen LogP contribution in [0.25, 0.3) is 0 Å². The number of hydrogen-bond donors (Lipinski definition) is 1. The molecular formula is C16H23N3. The smallest absolute Gasteiger partial charge is 0.0952 e. The molecule has 0 aliphatic rings. The Hall–Kier alpha value is -1.61. The van der Waals surface area contributed by atoms with Crippen LogP contribution in [-0.2, 0) is 13.0 Å². The lowest BCUT2D eigenvalue weighted by Gasteiger charge is -2.06. The van der Waals surface area contributed by atoms with Crippen molar-refractivity contribution in [1.82, 2.24) is 9.55 Å². The molecule has 2 aromatic rings. The fourth-order valence-electron chi connectivity index (χ4n) is 2.38. The van der Waals surface area contributed by atoms with Crippen LogP contribution in [0.4, 0.5) is 0 Å². The molecule has 1 unspecified atom stereocenters. The first-order chi connectivity index (χ1) is 9.06. The second-order valence-corrected chi connectivity index (χ2v) is 5.41. The van der Waals surface area contributed by atoms with Crippen LogP contribution in [0.5, 0.6) is 0 Å². The minimum absolute atomic E-state index is 0.213. The maximum atomic E-state index is 5.96. The summed E-state index contributed by atoms with van der Waals surface area (Å²) in [6, 6.07) is 6.86. The summed E-state index contributed by atoms with van der Waals surface area (Å²) in [5, 5.41) is 0. The minimum atomic E-state index is 0.213. The molecule has 0 bridgehead atoms.